The number of carbonyl (C=O) groups is 1. The van der Waals surface area contributed by atoms with E-state index in [1.54, 1.807) is 7.11 Å². The second-order valence-electron chi connectivity index (χ2n) is 5.17. The fourth-order valence-corrected chi connectivity index (χ4v) is 4.13. The van der Waals surface area contributed by atoms with E-state index in [9.17, 15) is 4.79 Å². The Hall–Kier alpha value is -1.20. The Morgan fingerprint density at radius 3 is 2.80 bits per heavy atom. The summed E-state index contributed by atoms with van der Waals surface area (Å²) in [5.74, 6) is 3.34. The number of thioether (sulfide) groups is 1. The van der Waals surface area contributed by atoms with E-state index in [2.05, 4.69) is 5.32 Å². The number of hydrogen-bond donors (Lipinski definition) is 1. The first-order valence-corrected chi connectivity index (χ1v) is 8.22. The molecule has 1 amide bonds. The van der Waals surface area contributed by atoms with Gasteiger partial charge >= 0.3 is 0 Å². The van der Waals surface area contributed by atoms with E-state index in [4.69, 9.17) is 4.74 Å². The second-order valence-corrected chi connectivity index (χ2v) is 6.39. The molecule has 0 bridgehead atoms. The molecule has 5 heteroatoms. The number of benzene rings is 1. The Labute approximate surface area is 123 Å². The minimum absolute atomic E-state index is 0.0493. The molecular weight excluding hydrogens is 272 g/mol. The van der Waals surface area contributed by atoms with Gasteiger partial charge in [-0.15, -0.1) is 0 Å². The van der Waals surface area contributed by atoms with Crippen LogP contribution >= 0.6 is 11.8 Å². The SMILES string of the molecule is COc1ccccc1C1NCC(=O)N1C1CCSCC1. The minimum Gasteiger partial charge on any atom is -0.496 e. The summed E-state index contributed by atoms with van der Waals surface area (Å²) >= 11 is 1.98. The van der Waals surface area contributed by atoms with E-state index in [1.807, 2.05) is 40.9 Å². The fourth-order valence-electron chi connectivity index (χ4n) is 3.05. The van der Waals surface area contributed by atoms with Gasteiger partial charge in [-0.25, -0.2) is 0 Å². The number of para-hydroxylation sites is 1. The molecule has 0 aromatic heterocycles. The molecule has 1 unspecified atom stereocenters. The second kappa shape index (κ2) is 6.06. The molecule has 3 rings (SSSR count). The lowest BCUT2D eigenvalue weighted by molar-refractivity contribution is -0.130. The maximum absolute atomic E-state index is 12.3. The summed E-state index contributed by atoms with van der Waals surface area (Å²) in [4.78, 5) is 14.3. The number of nitrogens with zero attached hydrogens (tertiary/aromatic N) is 1. The molecule has 2 saturated heterocycles. The third-order valence-corrected chi connectivity index (χ3v) is 5.08. The van der Waals surface area contributed by atoms with Crippen LogP contribution in [0.15, 0.2) is 24.3 Å². The number of nitrogens with one attached hydrogen (secondary N) is 1. The van der Waals surface area contributed by atoms with Gasteiger partial charge in [0.05, 0.1) is 13.7 Å². The molecular formula is C15H20N2O2S. The highest BCUT2D eigenvalue weighted by Gasteiger charge is 2.38. The molecule has 2 aliphatic heterocycles. The summed E-state index contributed by atoms with van der Waals surface area (Å²) < 4.78 is 5.45. The number of hydrogen-bond acceptors (Lipinski definition) is 4. The maximum atomic E-state index is 12.3. The van der Waals surface area contributed by atoms with E-state index in [1.165, 1.54) is 0 Å². The van der Waals surface area contributed by atoms with E-state index in [0.29, 0.717) is 12.6 Å². The van der Waals surface area contributed by atoms with Crippen molar-refractivity contribution in [3.05, 3.63) is 29.8 Å². The third-order valence-electron chi connectivity index (χ3n) is 4.03. The molecule has 0 spiro atoms. The van der Waals surface area contributed by atoms with E-state index >= 15 is 0 Å². The summed E-state index contributed by atoms with van der Waals surface area (Å²) in [7, 11) is 1.68. The predicted molar refractivity (Wildman–Crippen MR) is 80.9 cm³/mol. The van der Waals surface area contributed by atoms with E-state index in [0.717, 1.165) is 35.7 Å². The molecule has 1 aromatic rings. The van der Waals surface area contributed by atoms with Crippen molar-refractivity contribution < 1.29 is 9.53 Å². The van der Waals surface area contributed by atoms with Gasteiger partial charge in [-0.1, -0.05) is 18.2 Å². The topological polar surface area (TPSA) is 41.6 Å². The highest BCUT2D eigenvalue weighted by atomic mass is 32.2. The lowest BCUT2D eigenvalue weighted by Gasteiger charge is -2.35. The average Bonchev–Trinajstić information content (AvgIpc) is 2.89. The van der Waals surface area contributed by atoms with Crippen molar-refractivity contribution in [2.24, 2.45) is 0 Å². The first-order valence-electron chi connectivity index (χ1n) is 7.06. The molecule has 0 saturated carbocycles. The summed E-state index contributed by atoms with van der Waals surface area (Å²) in [6.45, 7) is 0.423. The molecule has 2 aliphatic rings. The van der Waals surface area contributed by atoms with Crippen molar-refractivity contribution in [2.45, 2.75) is 25.0 Å². The van der Waals surface area contributed by atoms with Crippen molar-refractivity contribution in [1.29, 1.82) is 0 Å². The van der Waals surface area contributed by atoms with Crippen LogP contribution in [0.5, 0.6) is 5.75 Å². The maximum Gasteiger partial charge on any atom is 0.238 e. The van der Waals surface area contributed by atoms with Crippen molar-refractivity contribution >= 4 is 17.7 Å². The van der Waals surface area contributed by atoms with Crippen LogP contribution in [0.25, 0.3) is 0 Å². The van der Waals surface area contributed by atoms with Gasteiger partial charge < -0.3 is 9.64 Å². The molecule has 0 radical (unpaired) electrons. The summed E-state index contributed by atoms with van der Waals surface area (Å²) in [6, 6.07) is 8.31. The minimum atomic E-state index is -0.0493. The summed E-state index contributed by atoms with van der Waals surface area (Å²) in [6.07, 6.45) is 2.12. The molecule has 1 aromatic carbocycles. The van der Waals surface area contributed by atoms with Gasteiger partial charge in [0.25, 0.3) is 0 Å². The van der Waals surface area contributed by atoms with Gasteiger partial charge in [-0.05, 0) is 30.4 Å². The standard InChI is InChI=1S/C15H20N2O2S/c1-19-13-5-3-2-4-12(13)15-16-10-14(18)17(15)11-6-8-20-9-7-11/h2-5,11,15-16H,6-10H2,1H3. The van der Waals surface area contributed by atoms with Gasteiger partial charge in [0.1, 0.15) is 11.9 Å². The smallest absolute Gasteiger partial charge is 0.238 e. The van der Waals surface area contributed by atoms with Gasteiger partial charge in [-0.2, -0.15) is 11.8 Å². The van der Waals surface area contributed by atoms with Crippen LogP contribution in [-0.2, 0) is 4.79 Å². The fraction of sp³-hybridized carbons (Fsp3) is 0.533. The van der Waals surface area contributed by atoms with E-state index < -0.39 is 0 Å². The van der Waals surface area contributed by atoms with Gasteiger partial charge in [0, 0.05) is 11.6 Å². The molecule has 2 fully saturated rings. The van der Waals surface area contributed by atoms with Crippen LogP contribution in [0.3, 0.4) is 0 Å². The number of methoxy groups -OCH3 is 1. The quantitative estimate of drug-likeness (QED) is 0.925. The van der Waals surface area contributed by atoms with Crippen molar-refractivity contribution in [3.63, 3.8) is 0 Å². The molecule has 1 N–H and O–H groups in total. The average molecular weight is 292 g/mol. The Morgan fingerprint density at radius 1 is 1.30 bits per heavy atom. The van der Waals surface area contributed by atoms with Gasteiger partial charge in [0.2, 0.25) is 5.91 Å². The molecule has 0 aliphatic carbocycles. The third kappa shape index (κ3) is 2.52. The zero-order valence-corrected chi connectivity index (χ0v) is 12.5. The number of rotatable bonds is 3. The number of carbonyl (C=O) groups excluding carboxylic acids is 1. The van der Waals surface area contributed by atoms with Crippen molar-refractivity contribution in [1.82, 2.24) is 10.2 Å². The Morgan fingerprint density at radius 2 is 2.05 bits per heavy atom. The Balaban J connectivity index is 1.89. The van der Waals surface area contributed by atoms with Crippen LogP contribution in [0.2, 0.25) is 0 Å². The Kier molecular flexibility index (Phi) is 4.17. The monoisotopic (exact) mass is 292 g/mol. The van der Waals surface area contributed by atoms with Crippen LogP contribution < -0.4 is 10.1 Å². The largest absolute Gasteiger partial charge is 0.496 e. The summed E-state index contributed by atoms with van der Waals surface area (Å²) in [5.41, 5.74) is 1.05. The number of ether oxygens (including phenoxy) is 1. The van der Waals surface area contributed by atoms with Crippen molar-refractivity contribution in [2.75, 3.05) is 25.2 Å². The van der Waals surface area contributed by atoms with Crippen LogP contribution in [-0.4, -0.2) is 42.0 Å². The van der Waals surface area contributed by atoms with Gasteiger partial charge in [0.15, 0.2) is 0 Å². The zero-order chi connectivity index (χ0) is 13.9. The first-order chi connectivity index (χ1) is 9.81. The normalized spacial score (nSPS) is 24.1. The predicted octanol–water partition coefficient (Wildman–Crippen LogP) is 2.02. The number of amides is 1. The van der Waals surface area contributed by atoms with Gasteiger partial charge in [-0.3, -0.25) is 10.1 Å². The van der Waals surface area contributed by atoms with E-state index in [-0.39, 0.29) is 12.1 Å². The lowest BCUT2D eigenvalue weighted by atomic mass is 10.1. The Bertz CT molecular complexity index is 489. The lowest BCUT2D eigenvalue weighted by Crippen LogP contribution is -2.41. The highest BCUT2D eigenvalue weighted by Crippen LogP contribution is 2.34. The zero-order valence-electron chi connectivity index (χ0n) is 11.7. The van der Waals surface area contributed by atoms with Crippen LogP contribution in [0.4, 0.5) is 0 Å². The highest BCUT2D eigenvalue weighted by molar-refractivity contribution is 7.99. The first kappa shape index (κ1) is 13.8. The van der Waals surface area contributed by atoms with Crippen LogP contribution in [0, 0.1) is 0 Å². The molecule has 4 nitrogen and oxygen atoms in total. The van der Waals surface area contributed by atoms with Crippen LogP contribution in [0.1, 0.15) is 24.6 Å². The molecule has 20 heavy (non-hydrogen) atoms. The molecule has 108 valence electrons. The molecule has 1 atom stereocenters. The van der Waals surface area contributed by atoms with Crippen molar-refractivity contribution in [3.8, 4) is 5.75 Å². The summed E-state index contributed by atoms with van der Waals surface area (Å²) in [5, 5.41) is 3.33. The molecule has 2 heterocycles.